The second-order valence-electron chi connectivity index (χ2n) is 7.74. The molecule has 0 saturated carbocycles. The van der Waals surface area contributed by atoms with Crippen molar-refractivity contribution in [3.8, 4) is 17.6 Å². The zero-order valence-corrected chi connectivity index (χ0v) is 21.0. The monoisotopic (exact) mass is 558 g/mol. The van der Waals surface area contributed by atoms with Crippen LogP contribution in [0.5, 0.6) is 11.5 Å². The summed E-state index contributed by atoms with van der Waals surface area (Å²) in [6.07, 6.45) is -3.24. The molecule has 0 atom stereocenters. The predicted octanol–water partition coefficient (Wildman–Crippen LogP) is 7.30. The van der Waals surface area contributed by atoms with Crippen LogP contribution in [-0.4, -0.2) is 12.5 Å². The molecule has 0 aliphatic rings. The summed E-state index contributed by atoms with van der Waals surface area (Å²) in [5.41, 5.74) is 1.26. The van der Waals surface area contributed by atoms with Gasteiger partial charge >= 0.3 is 6.18 Å². The van der Waals surface area contributed by atoms with Gasteiger partial charge in [0.1, 0.15) is 18.2 Å². The van der Waals surface area contributed by atoms with E-state index in [2.05, 4.69) is 21.2 Å². The van der Waals surface area contributed by atoms with Crippen molar-refractivity contribution in [3.05, 3.63) is 93.0 Å². The molecule has 0 unspecified atom stereocenters. The van der Waals surface area contributed by atoms with Crippen molar-refractivity contribution in [1.29, 1.82) is 5.26 Å². The number of hydrogen-bond acceptors (Lipinski definition) is 4. The highest BCUT2D eigenvalue weighted by Gasteiger charge is 2.30. The molecule has 0 spiro atoms. The summed E-state index contributed by atoms with van der Waals surface area (Å²) in [7, 11) is 0. The molecule has 0 aromatic heterocycles. The third-order valence-electron chi connectivity index (χ3n) is 4.92. The van der Waals surface area contributed by atoms with E-state index in [1.54, 1.807) is 18.2 Å². The first-order chi connectivity index (χ1) is 17.1. The molecule has 0 radical (unpaired) electrons. The summed E-state index contributed by atoms with van der Waals surface area (Å²) in [6.45, 7) is 4.45. The Balaban J connectivity index is 1.84. The molecule has 0 aliphatic heterocycles. The average molecular weight is 559 g/mol. The van der Waals surface area contributed by atoms with Gasteiger partial charge in [-0.3, -0.25) is 4.79 Å². The number of aryl methyl sites for hydroxylation is 1. The molecule has 3 aromatic rings. The van der Waals surface area contributed by atoms with E-state index in [1.165, 1.54) is 18.2 Å². The van der Waals surface area contributed by atoms with Gasteiger partial charge in [-0.05, 0) is 77.3 Å². The minimum atomic E-state index is -4.56. The minimum absolute atomic E-state index is 0.0768. The van der Waals surface area contributed by atoms with E-state index in [0.29, 0.717) is 34.7 Å². The smallest absolute Gasteiger partial charge is 0.416 e. The van der Waals surface area contributed by atoms with Crippen molar-refractivity contribution in [2.24, 2.45) is 0 Å². The van der Waals surface area contributed by atoms with E-state index in [1.807, 2.05) is 38.1 Å². The van der Waals surface area contributed by atoms with E-state index >= 15 is 0 Å². The molecule has 3 aromatic carbocycles. The van der Waals surface area contributed by atoms with Gasteiger partial charge in [0.15, 0.2) is 11.5 Å². The van der Waals surface area contributed by atoms with Crippen LogP contribution in [-0.2, 0) is 17.6 Å². The fourth-order valence-corrected chi connectivity index (χ4v) is 3.89. The van der Waals surface area contributed by atoms with Gasteiger partial charge in [-0.2, -0.15) is 18.4 Å². The van der Waals surface area contributed by atoms with Gasteiger partial charge in [-0.25, -0.2) is 0 Å². The molecule has 0 heterocycles. The first-order valence-electron chi connectivity index (χ1n) is 10.9. The lowest BCUT2D eigenvalue weighted by Crippen LogP contribution is -2.14. The summed E-state index contributed by atoms with van der Waals surface area (Å²) >= 11 is 3.46. The maximum absolute atomic E-state index is 13.0. The summed E-state index contributed by atoms with van der Waals surface area (Å²) in [5, 5.41) is 11.9. The number of ether oxygens (including phenoxy) is 2. The summed E-state index contributed by atoms with van der Waals surface area (Å²) in [5.74, 6) is 0.0227. The maximum Gasteiger partial charge on any atom is 0.416 e. The Morgan fingerprint density at radius 1 is 1.11 bits per heavy atom. The molecule has 9 heteroatoms. The Morgan fingerprint density at radius 3 is 2.53 bits per heavy atom. The number of carbonyl (C=O) groups excluding carboxylic acids is 1. The van der Waals surface area contributed by atoms with E-state index in [0.717, 1.165) is 23.3 Å². The van der Waals surface area contributed by atoms with Crippen LogP contribution in [0.4, 0.5) is 18.9 Å². The number of nitrogens with zero attached hydrogens (tertiary/aromatic N) is 1. The largest absolute Gasteiger partial charge is 0.490 e. The zero-order chi connectivity index (χ0) is 26.3. The first kappa shape index (κ1) is 26.8. The molecule has 36 heavy (non-hydrogen) atoms. The maximum atomic E-state index is 13.0. The van der Waals surface area contributed by atoms with Crippen molar-refractivity contribution < 1.29 is 27.4 Å². The Bertz CT molecular complexity index is 1330. The highest BCUT2D eigenvalue weighted by atomic mass is 79.9. The molecule has 0 bridgehead atoms. The number of rotatable bonds is 8. The second-order valence-corrected chi connectivity index (χ2v) is 8.60. The number of halogens is 4. The van der Waals surface area contributed by atoms with Crippen LogP contribution in [0.3, 0.4) is 0 Å². The Hall–Kier alpha value is -3.77. The average Bonchev–Trinajstić information content (AvgIpc) is 2.82. The molecule has 5 nitrogen and oxygen atoms in total. The highest BCUT2D eigenvalue weighted by molar-refractivity contribution is 9.10. The molecule has 1 N–H and O–H groups in total. The molecular formula is C27H22BrF3N2O3. The predicted molar refractivity (Wildman–Crippen MR) is 134 cm³/mol. The fourth-order valence-electron chi connectivity index (χ4n) is 3.32. The second kappa shape index (κ2) is 11.8. The van der Waals surface area contributed by atoms with Gasteiger partial charge in [0.05, 0.1) is 16.6 Å². The number of alkyl halides is 3. The topological polar surface area (TPSA) is 71.3 Å². The molecule has 0 aliphatic carbocycles. The van der Waals surface area contributed by atoms with Gasteiger partial charge in [-0.15, -0.1) is 0 Å². The summed E-state index contributed by atoms with van der Waals surface area (Å²) < 4.78 is 51.1. The first-order valence-corrected chi connectivity index (χ1v) is 11.6. The Morgan fingerprint density at radius 2 is 1.86 bits per heavy atom. The number of anilines is 1. The number of benzene rings is 3. The van der Waals surface area contributed by atoms with Crippen molar-refractivity contribution in [2.75, 3.05) is 11.9 Å². The van der Waals surface area contributed by atoms with Crippen molar-refractivity contribution in [1.82, 2.24) is 0 Å². The van der Waals surface area contributed by atoms with E-state index < -0.39 is 17.6 Å². The summed E-state index contributed by atoms with van der Waals surface area (Å²) in [4.78, 5) is 12.6. The number of nitrogens with one attached hydrogen (secondary N) is 1. The van der Waals surface area contributed by atoms with E-state index in [9.17, 15) is 23.2 Å². The van der Waals surface area contributed by atoms with E-state index in [4.69, 9.17) is 9.47 Å². The van der Waals surface area contributed by atoms with Gasteiger partial charge in [0.25, 0.3) is 5.91 Å². The SMILES string of the molecule is CCOc1cc(C=C(C#N)C(=O)Nc2cccc(C(F)(F)F)c2)cc(Br)c1OCc1cccc(C)c1. The molecule has 3 rings (SSSR count). The molecular weight excluding hydrogens is 537 g/mol. The summed E-state index contributed by atoms with van der Waals surface area (Å²) in [6, 6.07) is 17.1. The lowest BCUT2D eigenvalue weighted by molar-refractivity contribution is -0.137. The Labute approximate surface area is 215 Å². The van der Waals surface area contributed by atoms with Crippen molar-refractivity contribution in [2.45, 2.75) is 26.6 Å². The van der Waals surface area contributed by atoms with Gasteiger partial charge in [0, 0.05) is 5.69 Å². The van der Waals surface area contributed by atoms with Crippen LogP contribution in [0.15, 0.2) is 70.7 Å². The van der Waals surface area contributed by atoms with Gasteiger partial charge < -0.3 is 14.8 Å². The zero-order valence-electron chi connectivity index (χ0n) is 19.4. The normalized spacial score (nSPS) is 11.5. The van der Waals surface area contributed by atoms with Crippen LogP contribution in [0, 0.1) is 18.3 Å². The molecule has 0 saturated heterocycles. The molecule has 1 amide bonds. The third kappa shape index (κ3) is 7.12. The van der Waals surface area contributed by atoms with Gasteiger partial charge in [0.2, 0.25) is 0 Å². The number of amides is 1. The lowest BCUT2D eigenvalue weighted by atomic mass is 10.1. The Kier molecular flexibility index (Phi) is 8.78. The number of hydrogen-bond donors (Lipinski definition) is 1. The van der Waals surface area contributed by atoms with Gasteiger partial charge in [-0.1, -0.05) is 35.9 Å². The quantitative estimate of drug-likeness (QED) is 0.232. The van der Waals surface area contributed by atoms with Crippen LogP contribution in [0.1, 0.15) is 29.2 Å². The molecule has 0 fully saturated rings. The third-order valence-corrected chi connectivity index (χ3v) is 5.51. The van der Waals surface area contributed by atoms with Crippen LogP contribution < -0.4 is 14.8 Å². The minimum Gasteiger partial charge on any atom is -0.490 e. The van der Waals surface area contributed by atoms with Crippen LogP contribution in [0.2, 0.25) is 0 Å². The highest BCUT2D eigenvalue weighted by Crippen LogP contribution is 2.38. The molecule has 186 valence electrons. The number of carbonyl (C=O) groups is 1. The van der Waals surface area contributed by atoms with Crippen LogP contribution >= 0.6 is 15.9 Å². The standard InChI is InChI=1S/C27H22BrF3N2O3/c1-3-35-24-13-19(12-23(28)25(24)36-16-18-7-4-6-17(2)10-18)11-20(15-32)26(34)33-22-9-5-8-21(14-22)27(29,30)31/h4-14H,3,16H2,1-2H3,(H,33,34). The van der Waals surface area contributed by atoms with Crippen LogP contribution in [0.25, 0.3) is 6.08 Å². The van der Waals surface area contributed by atoms with Crippen molar-refractivity contribution >= 4 is 33.6 Å². The fraction of sp³-hybridized carbons (Fsp3) is 0.185. The number of nitriles is 1. The van der Waals surface area contributed by atoms with E-state index in [-0.39, 0.29) is 11.3 Å². The lowest BCUT2D eigenvalue weighted by Gasteiger charge is -2.15. The van der Waals surface area contributed by atoms with Crippen molar-refractivity contribution in [3.63, 3.8) is 0 Å².